The van der Waals surface area contributed by atoms with Gasteiger partial charge in [-0.1, -0.05) is 62.2 Å². The van der Waals surface area contributed by atoms with Gasteiger partial charge in [0.1, 0.15) is 6.04 Å². The third kappa shape index (κ3) is 5.87. The maximum absolute atomic E-state index is 13.4. The number of hydrogen-bond acceptors (Lipinski definition) is 4. The molecule has 1 aromatic carbocycles. The highest BCUT2D eigenvalue weighted by Gasteiger charge is 2.47. The third-order valence-electron chi connectivity index (χ3n) is 6.66. The molecule has 1 saturated heterocycles. The largest absolute Gasteiger partial charge is 0.354 e. The average Bonchev–Trinajstić information content (AvgIpc) is 3.08. The van der Waals surface area contributed by atoms with E-state index in [2.05, 4.69) is 5.32 Å². The molecule has 1 fully saturated rings. The third-order valence-corrected chi connectivity index (χ3v) is 7.03. The number of imide groups is 1. The van der Waals surface area contributed by atoms with E-state index in [0.29, 0.717) is 30.8 Å². The van der Waals surface area contributed by atoms with Crippen LogP contribution in [0.2, 0.25) is 5.02 Å². The van der Waals surface area contributed by atoms with Gasteiger partial charge < -0.3 is 10.2 Å². The van der Waals surface area contributed by atoms with Crippen LogP contribution in [0.15, 0.2) is 36.4 Å². The number of unbranched alkanes of at least 4 members (excludes halogenated alkanes) is 1. The van der Waals surface area contributed by atoms with Gasteiger partial charge in [0, 0.05) is 31.1 Å². The molecule has 1 aliphatic heterocycles. The second-order valence-corrected chi connectivity index (χ2v) is 9.32. The first-order valence-electron chi connectivity index (χ1n) is 12.2. The molecule has 8 heteroatoms. The molecule has 4 amide bonds. The predicted octanol–water partition coefficient (Wildman–Crippen LogP) is 3.70. The molecule has 34 heavy (non-hydrogen) atoms. The Hall–Kier alpha value is -2.67. The van der Waals surface area contributed by atoms with Crippen LogP contribution in [0.4, 0.5) is 0 Å². The predicted molar refractivity (Wildman–Crippen MR) is 131 cm³/mol. The molecule has 3 atom stereocenters. The molecular weight excluding hydrogens is 454 g/mol. The van der Waals surface area contributed by atoms with E-state index in [-0.39, 0.29) is 55.0 Å². The minimum atomic E-state index is -0.669. The fraction of sp³-hybridized carbons (Fsp3) is 0.538. The number of amides is 4. The van der Waals surface area contributed by atoms with E-state index in [1.165, 1.54) is 9.80 Å². The number of nitrogens with one attached hydrogen (secondary N) is 1. The van der Waals surface area contributed by atoms with Gasteiger partial charge in [-0.25, -0.2) is 0 Å². The molecule has 3 rings (SSSR count). The maximum atomic E-state index is 13.4. The molecular formula is C26H34ClN3O4. The highest BCUT2D eigenvalue weighted by atomic mass is 35.5. The van der Waals surface area contributed by atoms with Gasteiger partial charge in [-0.15, -0.1) is 0 Å². The minimum absolute atomic E-state index is 0.0242. The highest BCUT2D eigenvalue weighted by molar-refractivity contribution is 6.31. The quantitative estimate of drug-likeness (QED) is 0.293. The lowest BCUT2D eigenvalue weighted by molar-refractivity contribution is -0.144. The molecule has 1 aliphatic carbocycles. The number of hydrogen-bond donors (Lipinski definition) is 1. The summed E-state index contributed by atoms with van der Waals surface area (Å²) in [5.41, 5.74) is 0.739. The molecule has 2 aliphatic rings. The van der Waals surface area contributed by atoms with Crippen LogP contribution in [0.25, 0.3) is 0 Å². The summed E-state index contributed by atoms with van der Waals surface area (Å²) in [6.45, 7) is 4.66. The number of carbonyl (C=O) groups is 4. The Labute approximate surface area is 206 Å². The van der Waals surface area contributed by atoms with E-state index < -0.39 is 6.04 Å². The van der Waals surface area contributed by atoms with Crippen molar-refractivity contribution in [2.24, 2.45) is 11.8 Å². The van der Waals surface area contributed by atoms with Crippen molar-refractivity contribution >= 4 is 35.2 Å². The highest BCUT2D eigenvalue weighted by Crippen LogP contribution is 2.35. The zero-order chi connectivity index (χ0) is 24.7. The first-order chi connectivity index (χ1) is 16.4. The number of allylic oxidation sites excluding steroid dienone is 2. The standard InChI is InChI=1S/C26H34ClN3O4/c1-3-5-15-28-24(32)22(4-2)30(17-18-10-6-9-13-21(18)27)23(31)14-16-29-25(33)19-11-7-8-12-20(19)26(29)34/h6-10,13,19-20,22H,3-5,11-12,14-17H2,1-2H3,(H,28,32)/t19-,20+,22-/m1/s1. The second kappa shape index (κ2) is 12.2. The molecule has 0 aromatic heterocycles. The lowest BCUT2D eigenvalue weighted by Gasteiger charge is -2.31. The van der Waals surface area contributed by atoms with Gasteiger partial charge in [-0.3, -0.25) is 24.1 Å². The van der Waals surface area contributed by atoms with Gasteiger partial charge >= 0.3 is 0 Å². The molecule has 1 aromatic rings. The van der Waals surface area contributed by atoms with Gasteiger partial charge in [-0.05, 0) is 37.3 Å². The number of carbonyl (C=O) groups excluding carboxylic acids is 4. The smallest absolute Gasteiger partial charge is 0.242 e. The summed E-state index contributed by atoms with van der Waals surface area (Å²) in [5, 5.41) is 3.44. The van der Waals surface area contributed by atoms with Crippen molar-refractivity contribution in [2.75, 3.05) is 13.1 Å². The molecule has 0 saturated carbocycles. The van der Waals surface area contributed by atoms with Crippen molar-refractivity contribution in [3.05, 3.63) is 47.0 Å². The molecule has 7 nitrogen and oxygen atoms in total. The molecule has 1 heterocycles. The van der Waals surface area contributed by atoms with E-state index in [4.69, 9.17) is 11.6 Å². The van der Waals surface area contributed by atoms with Crippen LogP contribution >= 0.6 is 11.6 Å². The summed E-state index contributed by atoms with van der Waals surface area (Å²) < 4.78 is 0. The lowest BCUT2D eigenvalue weighted by Crippen LogP contribution is -2.50. The van der Waals surface area contributed by atoms with E-state index >= 15 is 0 Å². The summed E-state index contributed by atoms with van der Waals surface area (Å²) in [4.78, 5) is 54.7. The molecule has 184 valence electrons. The van der Waals surface area contributed by atoms with E-state index in [0.717, 1.165) is 18.4 Å². The monoisotopic (exact) mass is 487 g/mol. The Kier molecular flexibility index (Phi) is 9.28. The Balaban J connectivity index is 1.74. The van der Waals surface area contributed by atoms with Gasteiger partial charge in [0.25, 0.3) is 0 Å². The van der Waals surface area contributed by atoms with Crippen LogP contribution in [-0.4, -0.2) is 52.6 Å². The zero-order valence-corrected chi connectivity index (χ0v) is 20.7. The number of likely N-dealkylation sites (tertiary alicyclic amines) is 1. The summed E-state index contributed by atoms with van der Waals surface area (Å²) in [5.74, 6) is -1.53. The molecule has 0 radical (unpaired) electrons. The van der Waals surface area contributed by atoms with Crippen molar-refractivity contribution in [1.29, 1.82) is 0 Å². The fourth-order valence-corrected chi connectivity index (χ4v) is 4.87. The summed E-state index contributed by atoms with van der Waals surface area (Å²) in [6, 6.07) is 6.56. The lowest BCUT2D eigenvalue weighted by atomic mass is 9.85. The van der Waals surface area contributed by atoms with Gasteiger partial charge in [0.15, 0.2) is 0 Å². The number of rotatable bonds is 11. The molecule has 0 unspecified atom stereocenters. The second-order valence-electron chi connectivity index (χ2n) is 8.92. The average molecular weight is 488 g/mol. The first kappa shape index (κ1) is 25.9. The molecule has 1 N–H and O–H groups in total. The number of fused-ring (bicyclic) bond motifs is 1. The normalized spacial score (nSPS) is 20.3. The van der Waals surface area contributed by atoms with E-state index in [9.17, 15) is 19.2 Å². The van der Waals surface area contributed by atoms with Crippen LogP contribution in [0, 0.1) is 11.8 Å². The molecule has 0 spiro atoms. The van der Waals surface area contributed by atoms with Crippen LogP contribution in [-0.2, 0) is 25.7 Å². The Bertz CT molecular complexity index is 922. The number of nitrogens with zero attached hydrogens (tertiary/aromatic N) is 2. The van der Waals surface area contributed by atoms with Crippen molar-refractivity contribution in [3.63, 3.8) is 0 Å². The topological polar surface area (TPSA) is 86.8 Å². The van der Waals surface area contributed by atoms with Crippen molar-refractivity contribution in [3.8, 4) is 0 Å². The Morgan fingerprint density at radius 3 is 2.35 bits per heavy atom. The van der Waals surface area contributed by atoms with Gasteiger partial charge in [0.2, 0.25) is 23.6 Å². The summed E-state index contributed by atoms with van der Waals surface area (Å²) in [6.07, 6.45) is 7.22. The van der Waals surface area contributed by atoms with Crippen molar-refractivity contribution < 1.29 is 19.2 Å². The summed E-state index contributed by atoms with van der Waals surface area (Å²) >= 11 is 6.35. The van der Waals surface area contributed by atoms with Gasteiger partial charge in [0.05, 0.1) is 11.8 Å². The minimum Gasteiger partial charge on any atom is -0.354 e. The SMILES string of the molecule is CCCCNC(=O)[C@@H](CC)N(Cc1ccccc1Cl)C(=O)CCN1C(=O)[C@H]2CC=CC[C@H]2C1=O. The van der Waals surface area contributed by atoms with Crippen LogP contribution in [0.3, 0.4) is 0 Å². The first-order valence-corrected chi connectivity index (χ1v) is 12.6. The Morgan fingerprint density at radius 1 is 1.12 bits per heavy atom. The Morgan fingerprint density at radius 2 is 1.76 bits per heavy atom. The fourth-order valence-electron chi connectivity index (χ4n) is 4.68. The summed E-state index contributed by atoms with van der Waals surface area (Å²) in [7, 11) is 0. The van der Waals surface area contributed by atoms with Gasteiger partial charge in [-0.2, -0.15) is 0 Å². The van der Waals surface area contributed by atoms with Crippen molar-refractivity contribution in [1.82, 2.24) is 15.1 Å². The van der Waals surface area contributed by atoms with E-state index in [1.807, 2.05) is 44.2 Å². The number of benzene rings is 1. The van der Waals surface area contributed by atoms with Crippen LogP contribution in [0.5, 0.6) is 0 Å². The van der Waals surface area contributed by atoms with Crippen molar-refractivity contribution in [2.45, 2.75) is 65.0 Å². The van der Waals surface area contributed by atoms with Crippen LogP contribution in [0.1, 0.15) is 57.9 Å². The molecule has 0 bridgehead atoms. The zero-order valence-electron chi connectivity index (χ0n) is 20.0. The van der Waals surface area contributed by atoms with E-state index in [1.54, 1.807) is 6.07 Å². The number of halogens is 1. The maximum Gasteiger partial charge on any atom is 0.242 e. The van der Waals surface area contributed by atoms with Crippen LogP contribution < -0.4 is 5.32 Å².